The molecule has 0 bridgehead atoms. The Morgan fingerprint density at radius 1 is 1.16 bits per heavy atom. The minimum atomic E-state index is -0.701. The Labute approximate surface area is 149 Å². The van der Waals surface area contributed by atoms with Gasteiger partial charge < -0.3 is 14.2 Å². The van der Waals surface area contributed by atoms with Gasteiger partial charge >= 0.3 is 5.97 Å². The molecule has 0 atom stereocenters. The predicted molar refractivity (Wildman–Crippen MR) is 93.9 cm³/mol. The molecule has 0 amide bonds. The number of hydrogen-bond acceptors (Lipinski definition) is 4. The van der Waals surface area contributed by atoms with Crippen molar-refractivity contribution in [3.05, 3.63) is 35.1 Å². The molecule has 5 heteroatoms. The Balaban J connectivity index is 1.88. The van der Waals surface area contributed by atoms with E-state index in [1.807, 2.05) is 0 Å². The van der Waals surface area contributed by atoms with Gasteiger partial charge in [-0.2, -0.15) is 0 Å². The maximum atomic E-state index is 14.4. The second kappa shape index (κ2) is 10.5. The van der Waals surface area contributed by atoms with Gasteiger partial charge in [0.05, 0.1) is 25.4 Å². The molecule has 4 nitrogen and oxygen atoms in total. The van der Waals surface area contributed by atoms with Crippen molar-refractivity contribution >= 4 is 5.97 Å². The summed E-state index contributed by atoms with van der Waals surface area (Å²) in [6, 6.07) is 4.32. The summed E-state index contributed by atoms with van der Waals surface area (Å²) in [5.41, 5.74) is 0.547. The van der Waals surface area contributed by atoms with Crippen LogP contribution in [-0.4, -0.2) is 25.8 Å². The minimum Gasteiger partial charge on any atom is -0.462 e. The first-order valence-corrected chi connectivity index (χ1v) is 9.35. The maximum absolute atomic E-state index is 14.4. The Hall–Kier alpha value is -1.46. The molecule has 140 valence electrons. The molecule has 2 rings (SSSR count). The van der Waals surface area contributed by atoms with E-state index in [0.29, 0.717) is 31.3 Å². The lowest BCUT2D eigenvalue weighted by Crippen LogP contribution is -2.27. The smallest absolute Gasteiger partial charge is 0.338 e. The monoisotopic (exact) mass is 352 g/mol. The summed E-state index contributed by atoms with van der Waals surface area (Å²) in [6.45, 7) is 5.75. The summed E-state index contributed by atoms with van der Waals surface area (Å²) in [6.07, 6.45) is 5.54. The van der Waals surface area contributed by atoms with Gasteiger partial charge in [0, 0.05) is 11.5 Å². The van der Waals surface area contributed by atoms with E-state index in [1.165, 1.54) is 6.07 Å². The van der Waals surface area contributed by atoms with Crippen molar-refractivity contribution in [2.75, 3.05) is 19.8 Å². The third-order valence-electron chi connectivity index (χ3n) is 4.40. The molecular weight excluding hydrogens is 323 g/mol. The number of carbonyl (C=O) groups excluding carboxylic acids is 1. The molecule has 0 radical (unpaired) electrons. The molecule has 1 aromatic rings. The van der Waals surface area contributed by atoms with Gasteiger partial charge in [-0.15, -0.1) is 0 Å². The first-order valence-electron chi connectivity index (χ1n) is 9.35. The van der Waals surface area contributed by atoms with Crippen molar-refractivity contribution < 1.29 is 23.4 Å². The maximum Gasteiger partial charge on any atom is 0.338 e. The van der Waals surface area contributed by atoms with E-state index in [2.05, 4.69) is 13.8 Å². The predicted octanol–water partition coefficient (Wildman–Crippen LogP) is 5.02. The van der Waals surface area contributed by atoms with Gasteiger partial charge in [-0.25, -0.2) is 9.18 Å². The van der Waals surface area contributed by atoms with Crippen molar-refractivity contribution in [1.82, 2.24) is 0 Å². The number of benzene rings is 1. The average Bonchev–Trinajstić information content (AvgIpc) is 2.64. The van der Waals surface area contributed by atoms with Crippen molar-refractivity contribution in [3.8, 4) is 0 Å². The molecule has 1 saturated heterocycles. The first kappa shape index (κ1) is 19.9. The standard InChI is InChI=1S/C20H29FO4/c1-3-5-7-11-23-19(22)16-9-10-17(18(21)12-16)20-24-13-15(14-25-20)8-6-4-2/h9-10,12,15,20H,3-8,11,13-14H2,1-2H3. The van der Waals surface area contributed by atoms with Crippen LogP contribution < -0.4 is 0 Å². The molecule has 1 aromatic carbocycles. The number of esters is 1. The average molecular weight is 352 g/mol. The SMILES string of the molecule is CCCCCOC(=O)c1ccc(C2OCC(CCCC)CO2)c(F)c1. The first-order chi connectivity index (χ1) is 12.2. The van der Waals surface area contributed by atoms with Crippen LogP contribution in [0.4, 0.5) is 4.39 Å². The van der Waals surface area contributed by atoms with Crippen LogP contribution in [0.1, 0.15) is 74.6 Å². The molecule has 0 unspecified atom stereocenters. The molecule has 0 aromatic heterocycles. The third kappa shape index (κ3) is 6.08. The molecule has 1 aliphatic heterocycles. The summed E-state index contributed by atoms with van der Waals surface area (Å²) >= 11 is 0. The van der Waals surface area contributed by atoms with Crippen LogP contribution in [0.3, 0.4) is 0 Å². The van der Waals surface area contributed by atoms with Crippen LogP contribution in [0.15, 0.2) is 18.2 Å². The van der Waals surface area contributed by atoms with Crippen LogP contribution in [0, 0.1) is 11.7 Å². The van der Waals surface area contributed by atoms with Gasteiger partial charge in [-0.3, -0.25) is 0 Å². The molecule has 0 saturated carbocycles. The molecule has 1 heterocycles. The van der Waals surface area contributed by atoms with Crippen LogP contribution in [0.2, 0.25) is 0 Å². The third-order valence-corrected chi connectivity index (χ3v) is 4.40. The number of hydrogen-bond donors (Lipinski definition) is 0. The van der Waals surface area contributed by atoms with Crippen molar-refractivity contribution in [1.29, 1.82) is 0 Å². The summed E-state index contributed by atoms with van der Waals surface area (Å²) in [5, 5.41) is 0. The number of unbranched alkanes of at least 4 members (excludes halogenated alkanes) is 3. The van der Waals surface area contributed by atoms with Crippen LogP contribution in [-0.2, 0) is 14.2 Å². The van der Waals surface area contributed by atoms with E-state index < -0.39 is 18.1 Å². The van der Waals surface area contributed by atoms with Crippen LogP contribution >= 0.6 is 0 Å². The van der Waals surface area contributed by atoms with Crippen LogP contribution in [0.5, 0.6) is 0 Å². The lowest BCUT2D eigenvalue weighted by atomic mass is 10.0. The fourth-order valence-electron chi connectivity index (χ4n) is 2.83. The summed E-state index contributed by atoms with van der Waals surface area (Å²) in [7, 11) is 0. The molecule has 0 aliphatic carbocycles. The topological polar surface area (TPSA) is 44.8 Å². The highest BCUT2D eigenvalue weighted by Crippen LogP contribution is 2.29. The minimum absolute atomic E-state index is 0.217. The largest absolute Gasteiger partial charge is 0.462 e. The van der Waals surface area contributed by atoms with Crippen molar-refractivity contribution in [3.63, 3.8) is 0 Å². The quantitative estimate of drug-likeness (QED) is 0.462. The Morgan fingerprint density at radius 3 is 2.52 bits per heavy atom. The van der Waals surface area contributed by atoms with Gasteiger partial charge in [0.1, 0.15) is 5.82 Å². The van der Waals surface area contributed by atoms with Gasteiger partial charge in [0.2, 0.25) is 0 Å². The summed E-state index contributed by atoms with van der Waals surface area (Å²) < 4.78 is 30.9. The van der Waals surface area contributed by atoms with E-state index in [0.717, 1.165) is 38.5 Å². The van der Waals surface area contributed by atoms with Crippen molar-refractivity contribution in [2.45, 2.75) is 58.7 Å². The van der Waals surface area contributed by atoms with E-state index in [-0.39, 0.29) is 5.56 Å². The Kier molecular flexibility index (Phi) is 8.35. The fraction of sp³-hybridized carbons (Fsp3) is 0.650. The fourth-order valence-corrected chi connectivity index (χ4v) is 2.83. The lowest BCUT2D eigenvalue weighted by Gasteiger charge is -2.29. The highest BCUT2D eigenvalue weighted by Gasteiger charge is 2.26. The van der Waals surface area contributed by atoms with Crippen LogP contribution in [0.25, 0.3) is 0 Å². The van der Waals surface area contributed by atoms with E-state index in [4.69, 9.17) is 14.2 Å². The summed E-state index contributed by atoms with van der Waals surface area (Å²) in [5.74, 6) is -0.622. The Morgan fingerprint density at radius 2 is 1.88 bits per heavy atom. The summed E-state index contributed by atoms with van der Waals surface area (Å²) in [4.78, 5) is 11.9. The van der Waals surface area contributed by atoms with Gasteiger partial charge in [0.25, 0.3) is 0 Å². The van der Waals surface area contributed by atoms with Gasteiger partial charge in [0.15, 0.2) is 6.29 Å². The van der Waals surface area contributed by atoms with E-state index in [9.17, 15) is 9.18 Å². The molecular formula is C20H29FO4. The number of halogens is 1. The van der Waals surface area contributed by atoms with Gasteiger partial charge in [-0.1, -0.05) is 45.6 Å². The van der Waals surface area contributed by atoms with E-state index >= 15 is 0 Å². The lowest BCUT2D eigenvalue weighted by molar-refractivity contribution is -0.207. The highest BCUT2D eigenvalue weighted by atomic mass is 19.1. The second-order valence-electron chi connectivity index (χ2n) is 6.59. The number of ether oxygens (including phenoxy) is 3. The normalized spacial score (nSPS) is 20.4. The Bertz CT molecular complexity index is 538. The zero-order chi connectivity index (χ0) is 18.1. The van der Waals surface area contributed by atoms with E-state index in [1.54, 1.807) is 12.1 Å². The molecule has 0 N–H and O–H groups in total. The molecule has 0 spiro atoms. The van der Waals surface area contributed by atoms with Crippen molar-refractivity contribution in [2.24, 2.45) is 5.92 Å². The molecule has 1 fully saturated rings. The highest BCUT2D eigenvalue weighted by molar-refractivity contribution is 5.89. The zero-order valence-corrected chi connectivity index (χ0v) is 15.3. The molecule has 1 aliphatic rings. The number of rotatable bonds is 9. The van der Waals surface area contributed by atoms with Gasteiger partial charge in [-0.05, 0) is 25.0 Å². The number of carbonyl (C=O) groups is 1. The zero-order valence-electron chi connectivity index (χ0n) is 15.3. The second-order valence-corrected chi connectivity index (χ2v) is 6.59. The molecule has 25 heavy (non-hydrogen) atoms.